The van der Waals surface area contributed by atoms with Crippen molar-refractivity contribution in [1.29, 1.82) is 0 Å². The summed E-state index contributed by atoms with van der Waals surface area (Å²) in [5.74, 6) is 1.29. The highest BCUT2D eigenvalue weighted by molar-refractivity contribution is 5.78. The van der Waals surface area contributed by atoms with E-state index in [1.165, 1.54) is 0 Å². The molecular weight excluding hydrogens is 212 g/mol. The number of hydrogen-bond acceptors (Lipinski definition) is 2. The van der Waals surface area contributed by atoms with E-state index in [1.807, 2.05) is 0 Å². The average Bonchev–Trinajstić information content (AvgIpc) is 2.38. The molecule has 1 aliphatic rings. The Morgan fingerprint density at radius 1 is 1.24 bits per heavy atom. The van der Waals surface area contributed by atoms with Crippen LogP contribution in [0.1, 0.15) is 52.4 Å². The molecule has 3 nitrogen and oxygen atoms in total. The molecule has 1 fully saturated rings. The van der Waals surface area contributed by atoms with Crippen LogP contribution < -0.4 is 5.73 Å². The summed E-state index contributed by atoms with van der Waals surface area (Å²) in [6.07, 6.45) is 6.48. The average molecular weight is 240 g/mol. The Kier molecular flexibility index (Phi) is 6.56. The van der Waals surface area contributed by atoms with Gasteiger partial charge in [0.05, 0.1) is 0 Å². The summed E-state index contributed by atoms with van der Waals surface area (Å²) >= 11 is 0. The van der Waals surface area contributed by atoms with Crippen molar-refractivity contribution >= 4 is 5.91 Å². The lowest BCUT2D eigenvalue weighted by atomic mass is 9.93. The lowest BCUT2D eigenvalue weighted by Gasteiger charge is -2.33. The van der Waals surface area contributed by atoms with E-state index in [4.69, 9.17) is 5.73 Å². The highest BCUT2D eigenvalue weighted by Gasteiger charge is 2.26. The van der Waals surface area contributed by atoms with Crippen LogP contribution in [0, 0.1) is 11.8 Å². The smallest absolute Gasteiger partial charge is 0.225 e. The zero-order chi connectivity index (χ0) is 12.7. The predicted octanol–water partition coefficient (Wildman–Crippen LogP) is 2.40. The van der Waals surface area contributed by atoms with Gasteiger partial charge in [-0.25, -0.2) is 0 Å². The Bertz CT molecular complexity index is 216. The minimum absolute atomic E-state index is 0.263. The van der Waals surface area contributed by atoms with Crippen molar-refractivity contribution in [2.75, 3.05) is 19.6 Å². The first kappa shape index (κ1) is 14.5. The van der Waals surface area contributed by atoms with E-state index in [9.17, 15) is 4.79 Å². The van der Waals surface area contributed by atoms with Gasteiger partial charge in [-0.2, -0.15) is 0 Å². The first-order valence-electron chi connectivity index (χ1n) is 7.21. The third kappa shape index (κ3) is 4.30. The van der Waals surface area contributed by atoms with Gasteiger partial charge in [0.2, 0.25) is 5.91 Å². The quantitative estimate of drug-likeness (QED) is 0.775. The second-order valence-corrected chi connectivity index (χ2v) is 5.28. The second kappa shape index (κ2) is 7.70. The molecule has 1 amide bonds. The van der Waals surface area contributed by atoms with Gasteiger partial charge < -0.3 is 10.6 Å². The fourth-order valence-electron chi connectivity index (χ4n) is 2.74. The summed E-state index contributed by atoms with van der Waals surface area (Å²) < 4.78 is 0. The normalized spacial score (nSPS) is 17.8. The maximum absolute atomic E-state index is 12.4. The van der Waals surface area contributed by atoms with Gasteiger partial charge >= 0.3 is 0 Å². The molecule has 1 saturated heterocycles. The van der Waals surface area contributed by atoms with Gasteiger partial charge in [0.15, 0.2) is 0 Å². The molecule has 100 valence electrons. The van der Waals surface area contributed by atoms with Gasteiger partial charge in [0, 0.05) is 19.0 Å². The summed E-state index contributed by atoms with van der Waals surface area (Å²) in [4.78, 5) is 14.4. The molecule has 0 saturated carbocycles. The maximum atomic E-state index is 12.4. The van der Waals surface area contributed by atoms with E-state index < -0.39 is 0 Å². The van der Waals surface area contributed by atoms with Crippen LogP contribution in [0.5, 0.6) is 0 Å². The lowest BCUT2D eigenvalue weighted by molar-refractivity contribution is -0.137. The van der Waals surface area contributed by atoms with Crippen LogP contribution in [0.2, 0.25) is 0 Å². The number of piperidine rings is 1. The summed E-state index contributed by atoms with van der Waals surface area (Å²) in [7, 11) is 0. The number of hydrogen-bond donors (Lipinski definition) is 1. The Balaban J connectivity index is 2.45. The van der Waals surface area contributed by atoms with Crippen LogP contribution in [-0.4, -0.2) is 30.4 Å². The fraction of sp³-hybridized carbons (Fsp3) is 0.929. The molecule has 0 aromatic heterocycles. The molecule has 0 spiro atoms. The molecule has 0 aliphatic carbocycles. The lowest BCUT2D eigenvalue weighted by Crippen LogP contribution is -2.43. The van der Waals surface area contributed by atoms with Gasteiger partial charge in [-0.15, -0.1) is 0 Å². The molecule has 0 unspecified atom stereocenters. The molecule has 2 N–H and O–H groups in total. The van der Waals surface area contributed by atoms with Crippen LogP contribution in [0.15, 0.2) is 0 Å². The highest BCUT2D eigenvalue weighted by atomic mass is 16.2. The Hall–Kier alpha value is -0.570. The van der Waals surface area contributed by atoms with Crippen molar-refractivity contribution in [3.05, 3.63) is 0 Å². The van der Waals surface area contributed by atoms with Crippen LogP contribution in [0.25, 0.3) is 0 Å². The molecule has 1 heterocycles. The number of likely N-dealkylation sites (tertiary alicyclic amines) is 1. The fourth-order valence-corrected chi connectivity index (χ4v) is 2.74. The van der Waals surface area contributed by atoms with Crippen molar-refractivity contribution in [1.82, 2.24) is 4.90 Å². The topological polar surface area (TPSA) is 46.3 Å². The summed E-state index contributed by atoms with van der Waals surface area (Å²) in [5, 5.41) is 0. The molecule has 3 heteroatoms. The van der Waals surface area contributed by atoms with Crippen LogP contribution in [-0.2, 0) is 4.79 Å². The van der Waals surface area contributed by atoms with Crippen molar-refractivity contribution in [3.8, 4) is 0 Å². The molecular formula is C14H28N2O. The van der Waals surface area contributed by atoms with Crippen LogP contribution in [0.4, 0.5) is 0 Å². The molecule has 0 bridgehead atoms. The molecule has 1 aliphatic heterocycles. The van der Waals surface area contributed by atoms with E-state index in [2.05, 4.69) is 18.7 Å². The van der Waals surface area contributed by atoms with Crippen molar-refractivity contribution in [2.45, 2.75) is 52.4 Å². The first-order valence-corrected chi connectivity index (χ1v) is 7.21. The Morgan fingerprint density at radius 2 is 1.76 bits per heavy atom. The molecule has 0 radical (unpaired) electrons. The van der Waals surface area contributed by atoms with Gasteiger partial charge in [0.25, 0.3) is 0 Å². The first-order chi connectivity index (χ1) is 8.22. The third-order valence-electron chi connectivity index (χ3n) is 3.88. The minimum atomic E-state index is 0.263. The Labute approximate surface area is 106 Å². The highest BCUT2D eigenvalue weighted by Crippen LogP contribution is 2.21. The van der Waals surface area contributed by atoms with Gasteiger partial charge in [-0.1, -0.05) is 26.7 Å². The monoisotopic (exact) mass is 240 g/mol. The standard InChI is InChI=1S/C14H28N2O/c1-3-5-13(6-4-2)14(17)16-9-7-12(11-15)8-10-16/h12-13H,3-11,15H2,1-2H3. The number of carbonyl (C=O) groups excluding carboxylic acids is 1. The maximum Gasteiger partial charge on any atom is 0.225 e. The van der Waals surface area contributed by atoms with Gasteiger partial charge in [0.1, 0.15) is 0 Å². The van der Waals surface area contributed by atoms with E-state index in [0.717, 1.165) is 58.2 Å². The number of amides is 1. The van der Waals surface area contributed by atoms with Crippen molar-refractivity contribution in [3.63, 3.8) is 0 Å². The Morgan fingerprint density at radius 3 is 2.18 bits per heavy atom. The number of nitrogens with zero attached hydrogens (tertiary/aromatic N) is 1. The summed E-state index contributed by atoms with van der Waals surface area (Å²) in [5.41, 5.74) is 5.68. The van der Waals surface area contributed by atoms with Crippen molar-refractivity contribution in [2.24, 2.45) is 17.6 Å². The second-order valence-electron chi connectivity index (χ2n) is 5.28. The van der Waals surface area contributed by atoms with E-state index in [1.54, 1.807) is 0 Å². The van der Waals surface area contributed by atoms with E-state index in [-0.39, 0.29) is 5.92 Å². The minimum Gasteiger partial charge on any atom is -0.342 e. The number of nitrogens with two attached hydrogens (primary N) is 1. The van der Waals surface area contributed by atoms with Crippen molar-refractivity contribution < 1.29 is 4.79 Å². The summed E-state index contributed by atoms with van der Waals surface area (Å²) in [6, 6.07) is 0. The van der Waals surface area contributed by atoms with Crippen LogP contribution >= 0.6 is 0 Å². The number of rotatable bonds is 6. The molecule has 0 atom stereocenters. The SMILES string of the molecule is CCCC(CCC)C(=O)N1CCC(CN)CC1. The van der Waals surface area contributed by atoms with E-state index in [0.29, 0.717) is 11.8 Å². The molecule has 1 rings (SSSR count). The predicted molar refractivity (Wildman–Crippen MR) is 71.7 cm³/mol. The summed E-state index contributed by atoms with van der Waals surface area (Å²) in [6.45, 7) is 6.94. The zero-order valence-electron chi connectivity index (χ0n) is 11.5. The van der Waals surface area contributed by atoms with Crippen LogP contribution in [0.3, 0.4) is 0 Å². The van der Waals surface area contributed by atoms with E-state index >= 15 is 0 Å². The molecule has 0 aromatic carbocycles. The van der Waals surface area contributed by atoms with Gasteiger partial charge in [-0.05, 0) is 38.1 Å². The third-order valence-corrected chi connectivity index (χ3v) is 3.88. The molecule has 17 heavy (non-hydrogen) atoms. The van der Waals surface area contributed by atoms with Gasteiger partial charge in [-0.3, -0.25) is 4.79 Å². The molecule has 0 aromatic rings. The zero-order valence-corrected chi connectivity index (χ0v) is 11.5. The largest absolute Gasteiger partial charge is 0.342 e. The number of carbonyl (C=O) groups is 1.